The van der Waals surface area contributed by atoms with E-state index in [-0.39, 0.29) is 0 Å². The Morgan fingerprint density at radius 2 is 1.27 bits per heavy atom. The highest BCUT2D eigenvalue weighted by Gasteiger charge is 1.86. The van der Waals surface area contributed by atoms with Crippen LogP contribution < -0.4 is 0 Å². The van der Waals surface area contributed by atoms with Crippen LogP contribution in [0.15, 0.2) is 24.3 Å². The molecule has 0 saturated heterocycles. The van der Waals surface area contributed by atoms with Gasteiger partial charge in [0.15, 0.2) is 0 Å². The van der Waals surface area contributed by atoms with Gasteiger partial charge in [-0.05, 0) is 45.4 Å². The molecule has 0 bridgehead atoms. The van der Waals surface area contributed by atoms with Crippen molar-refractivity contribution in [1.82, 2.24) is 0 Å². The summed E-state index contributed by atoms with van der Waals surface area (Å²) in [6.45, 7) is 5.93. The zero-order valence-corrected chi connectivity index (χ0v) is 10.4. The lowest BCUT2D eigenvalue weighted by Crippen LogP contribution is -1.75. The number of rotatable bonds is 10. The molecule has 0 aromatic heterocycles. The van der Waals surface area contributed by atoms with Gasteiger partial charge in [0.25, 0.3) is 0 Å². The monoisotopic (exact) mass is 207 g/mol. The Bertz CT molecular complexity index is 153. The van der Waals surface area contributed by atoms with Crippen molar-refractivity contribution in [3.8, 4) is 0 Å². The Hall–Kier alpha value is -0.520. The molecule has 0 saturated carbocycles. The smallest absolute Gasteiger partial charge is 0.0316 e. The first kappa shape index (κ1) is 14.5. The predicted octanol–water partition coefficient (Wildman–Crippen LogP) is 5.46. The number of hydrogen-bond acceptors (Lipinski definition) is 0. The zero-order chi connectivity index (χ0) is 11.2. The summed E-state index contributed by atoms with van der Waals surface area (Å²) in [6, 6.07) is 0. The molecule has 0 atom stereocenters. The number of allylic oxidation sites excluding steroid dienone is 4. The minimum atomic E-state index is 1.20. The summed E-state index contributed by atoms with van der Waals surface area (Å²) < 4.78 is 0. The third-order valence-corrected chi connectivity index (χ3v) is 2.55. The molecule has 0 heterocycles. The summed E-state index contributed by atoms with van der Waals surface area (Å²) in [5.41, 5.74) is 0. The van der Waals surface area contributed by atoms with E-state index in [9.17, 15) is 0 Å². The third-order valence-electron chi connectivity index (χ3n) is 2.55. The zero-order valence-electron chi connectivity index (χ0n) is 10.4. The molecule has 0 nitrogen and oxygen atoms in total. The van der Waals surface area contributed by atoms with E-state index in [0.29, 0.717) is 0 Å². The molecule has 0 amide bonds. The van der Waals surface area contributed by atoms with Crippen molar-refractivity contribution >= 4 is 0 Å². The molecule has 0 N–H and O–H groups in total. The molecule has 0 rings (SSSR count). The van der Waals surface area contributed by atoms with E-state index >= 15 is 0 Å². The molecule has 0 heteroatoms. The van der Waals surface area contributed by atoms with Crippen LogP contribution in [0.3, 0.4) is 0 Å². The van der Waals surface area contributed by atoms with Crippen molar-refractivity contribution in [1.29, 1.82) is 0 Å². The summed E-state index contributed by atoms with van der Waals surface area (Å²) in [7, 11) is 0. The Morgan fingerprint density at radius 1 is 0.733 bits per heavy atom. The molecule has 15 heavy (non-hydrogen) atoms. The van der Waals surface area contributed by atoms with Crippen LogP contribution in [0.1, 0.15) is 64.7 Å². The van der Waals surface area contributed by atoms with Crippen LogP contribution in [-0.2, 0) is 0 Å². The van der Waals surface area contributed by atoms with Gasteiger partial charge >= 0.3 is 0 Å². The van der Waals surface area contributed by atoms with Crippen LogP contribution in [0.4, 0.5) is 0 Å². The fraction of sp³-hybridized carbons (Fsp3) is 0.667. The van der Waals surface area contributed by atoms with Gasteiger partial charge in [-0.2, -0.15) is 0 Å². The first-order valence-electron chi connectivity index (χ1n) is 6.51. The van der Waals surface area contributed by atoms with Crippen LogP contribution in [0.5, 0.6) is 0 Å². The van der Waals surface area contributed by atoms with Gasteiger partial charge in [-0.3, -0.25) is 0 Å². The Balaban J connectivity index is 3.02. The summed E-state index contributed by atoms with van der Waals surface area (Å²) in [5.74, 6) is 0. The molecule has 0 aromatic rings. The van der Waals surface area contributed by atoms with E-state index in [4.69, 9.17) is 0 Å². The standard InChI is InChI=1S/C15H27/c1-3-5-7-9-11-13-15-14-12-10-8-6-4-2/h3,5,12,14H,1,4,6-11,13,15H2,2H3. The molecule has 87 valence electrons. The molecule has 0 aliphatic rings. The largest absolute Gasteiger partial charge is 0.0885 e. The predicted molar refractivity (Wildman–Crippen MR) is 70.9 cm³/mol. The average molecular weight is 207 g/mol. The Kier molecular flexibility index (Phi) is 13.0. The minimum Gasteiger partial charge on any atom is -0.0885 e. The molecule has 1 radical (unpaired) electrons. The lowest BCUT2D eigenvalue weighted by molar-refractivity contribution is 0.692. The SMILES string of the molecule is [CH2]C=CCCCCCC=CCCCCC. The van der Waals surface area contributed by atoms with Crippen molar-refractivity contribution in [3.63, 3.8) is 0 Å². The highest BCUT2D eigenvalue weighted by Crippen LogP contribution is 2.05. The van der Waals surface area contributed by atoms with Crippen LogP contribution in [0.25, 0.3) is 0 Å². The quantitative estimate of drug-likeness (QED) is 0.329. The van der Waals surface area contributed by atoms with E-state index in [1.807, 2.05) is 6.08 Å². The van der Waals surface area contributed by atoms with Gasteiger partial charge in [-0.1, -0.05) is 50.5 Å². The van der Waals surface area contributed by atoms with E-state index in [0.717, 1.165) is 0 Å². The van der Waals surface area contributed by atoms with Gasteiger partial charge in [-0.15, -0.1) is 0 Å². The van der Waals surface area contributed by atoms with E-state index in [1.54, 1.807) is 0 Å². The van der Waals surface area contributed by atoms with Crippen molar-refractivity contribution in [2.75, 3.05) is 0 Å². The molecule has 0 aliphatic heterocycles. The lowest BCUT2D eigenvalue weighted by Gasteiger charge is -1.95. The fourth-order valence-electron chi connectivity index (χ4n) is 1.57. The van der Waals surface area contributed by atoms with Crippen LogP contribution in [0, 0.1) is 6.92 Å². The third kappa shape index (κ3) is 13.5. The highest BCUT2D eigenvalue weighted by atomic mass is 13.9. The maximum Gasteiger partial charge on any atom is -0.0316 e. The average Bonchev–Trinajstić information content (AvgIpc) is 2.26. The first-order valence-corrected chi connectivity index (χ1v) is 6.51. The van der Waals surface area contributed by atoms with E-state index in [2.05, 4.69) is 32.1 Å². The summed E-state index contributed by atoms with van der Waals surface area (Å²) in [4.78, 5) is 0. The van der Waals surface area contributed by atoms with Gasteiger partial charge in [-0.25, -0.2) is 0 Å². The topological polar surface area (TPSA) is 0 Å². The van der Waals surface area contributed by atoms with Crippen molar-refractivity contribution in [2.24, 2.45) is 0 Å². The van der Waals surface area contributed by atoms with Crippen molar-refractivity contribution in [3.05, 3.63) is 31.2 Å². The summed E-state index contributed by atoms with van der Waals surface area (Å²) >= 11 is 0. The molecule has 0 unspecified atom stereocenters. The Morgan fingerprint density at radius 3 is 1.80 bits per heavy atom. The van der Waals surface area contributed by atoms with Crippen LogP contribution in [0.2, 0.25) is 0 Å². The van der Waals surface area contributed by atoms with E-state index < -0.39 is 0 Å². The van der Waals surface area contributed by atoms with Gasteiger partial charge in [0, 0.05) is 0 Å². The van der Waals surface area contributed by atoms with Crippen LogP contribution in [-0.4, -0.2) is 0 Å². The first-order chi connectivity index (χ1) is 7.41. The lowest BCUT2D eigenvalue weighted by atomic mass is 10.1. The second kappa shape index (κ2) is 13.5. The summed E-state index contributed by atoms with van der Waals surface area (Å²) in [6.07, 6.45) is 20.6. The van der Waals surface area contributed by atoms with Crippen molar-refractivity contribution < 1.29 is 0 Å². The molecule has 0 aromatic carbocycles. The summed E-state index contributed by atoms with van der Waals surface area (Å²) in [5, 5.41) is 0. The van der Waals surface area contributed by atoms with Gasteiger partial charge in [0.05, 0.1) is 0 Å². The van der Waals surface area contributed by atoms with Crippen molar-refractivity contribution in [2.45, 2.75) is 64.7 Å². The van der Waals surface area contributed by atoms with Gasteiger partial charge in [0.1, 0.15) is 0 Å². The van der Waals surface area contributed by atoms with E-state index in [1.165, 1.54) is 57.8 Å². The molecule has 0 spiro atoms. The van der Waals surface area contributed by atoms with Crippen LogP contribution >= 0.6 is 0 Å². The molecular formula is C15H27. The molecule has 0 fully saturated rings. The highest BCUT2D eigenvalue weighted by molar-refractivity contribution is 4.84. The van der Waals surface area contributed by atoms with Gasteiger partial charge < -0.3 is 0 Å². The Labute approximate surface area is 96.5 Å². The number of unbranched alkanes of at least 4 members (excludes halogenated alkanes) is 7. The maximum absolute atomic E-state index is 3.68. The second-order valence-electron chi connectivity index (χ2n) is 4.08. The number of hydrogen-bond donors (Lipinski definition) is 0. The molecule has 0 aliphatic carbocycles. The maximum atomic E-state index is 3.68. The van der Waals surface area contributed by atoms with Gasteiger partial charge in [0.2, 0.25) is 0 Å². The second-order valence-corrected chi connectivity index (χ2v) is 4.08. The normalized spacial score (nSPS) is 11.9. The molecular weight excluding hydrogens is 180 g/mol. The fourth-order valence-corrected chi connectivity index (χ4v) is 1.57. The minimum absolute atomic E-state index is 1.20.